The molecule has 0 atom stereocenters. The number of alkyl halides is 1. The first-order chi connectivity index (χ1) is 5.95. The standard InChI is InChI=1S/C8H11FO4/c1-2-3-4-5-8(9,6(10)11)7(12)13/h2H,1,3-5H2,(H,10,11)(H,12,13). The lowest BCUT2D eigenvalue weighted by molar-refractivity contribution is -0.167. The minimum Gasteiger partial charge on any atom is -0.478 e. The van der Waals surface area contributed by atoms with Crippen LogP contribution in [0.2, 0.25) is 0 Å². The molecule has 0 heterocycles. The van der Waals surface area contributed by atoms with Crippen molar-refractivity contribution in [2.75, 3.05) is 0 Å². The Morgan fingerprint density at radius 3 is 2.15 bits per heavy atom. The number of carboxylic acid groups (broad SMARTS) is 2. The number of aliphatic carboxylic acids is 2. The van der Waals surface area contributed by atoms with Crippen molar-refractivity contribution in [3.05, 3.63) is 12.7 Å². The summed E-state index contributed by atoms with van der Waals surface area (Å²) in [5, 5.41) is 16.6. The molecule has 0 aromatic carbocycles. The minimum absolute atomic E-state index is 0.151. The molecule has 0 aromatic heterocycles. The minimum atomic E-state index is -3.16. The predicted octanol–water partition coefficient (Wildman–Crippen LogP) is 1.22. The van der Waals surface area contributed by atoms with Crippen LogP contribution in [0.15, 0.2) is 12.7 Å². The van der Waals surface area contributed by atoms with Gasteiger partial charge in [0.25, 0.3) is 0 Å². The number of allylic oxidation sites excluding steroid dienone is 1. The number of carbonyl (C=O) groups is 2. The molecule has 0 bridgehead atoms. The summed E-state index contributed by atoms with van der Waals surface area (Å²) in [6, 6.07) is 0. The Morgan fingerprint density at radius 2 is 1.85 bits per heavy atom. The summed E-state index contributed by atoms with van der Waals surface area (Å²) in [7, 11) is 0. The molecule has 74 valence electrons. The molecular weight excluding hydrogens is 179 g/mol. The zero-order chi connectivity index (χ0) is 10.5. The van der Waals surface area contributed by atoms with Gasteiger partial charge in [0.2, 0.25) is 0 Å². The second-order valence-corrected chi connectivity index (χ2v) is 2.59. The SMILES string of the molecule is C=CCCCC(F)(C(=O)O)C(=O)O. The zero-order valence-electron chi connectivity index (χ0n) is 6.99. The predicted molar refractivity (Wildman–Crippen MR) is 43.2 cm³/mol. The Balaban J connectivity index is 4.34. The van der Waals surface area contributed by atoms with Crippen molar-refractivity contribution in [1.29, 1.82) is 0 Å². The molecule has 5 heteroatoms. The Labute approximate surface area is 74.7 Å². The lowest BCUT2D eigenvalue weighted by Crippen LogP contribution is -2.42. The van der Waals surface area contributed by atoms with E-state index >= 15 is 0 Å². The summed E-state index contributed by atoms with van der Waals surface area (Å²) in [4.78, 5) is 20.6. The topological polar surface area (TPSA) is 74.6 Å². The third-order valence-electron chi connectivity index (χ3n) is 1.61. The third-order valence-corrected chi connectivity index (χ3v) is 1.61. The summed E-state index contributed by atoms with van der Waals surface area (Å²) in [5.74, 6) is -3.91. The molecule has 0 spiro atoms. The number of carboxylic acids is 2. The number of halogens is 1. The van der Waals surface area contributed by atoms with Crippen LogP contribution in [-0.4, -0.2) is 27.8 Å². The van der Waals surface area contributed by atoms with Crippen molar-refractivity contribution in [2.24, 2.45) is 0 Å². The number of unbranched alkanes of at least 4 members (excludes halogenated alkanes) is 1. The molecule has 0 radical (unpaired) electrons. The van der Waals surface area contributed by atoms with Crippen molar-refractivity contribution in [3.63, 3.8) is 0 Å². The van der Waals surface area contributed by atoms with Crippen LogP contribution in [0, 0.1) is 0 Å². The maximum Gasteiger partial charge on any atom is 0.353 e. The van der Waals surface area contributed by atoms with E-state index < -0.39 is 24.0 Å². The van der Waals surface area contributed by atoms with Crippen molar-refractivity contribution in [1.82, 2.24) is 0 Å². The highest BCUT2D eigenvalue weighted by Crippen LogP contribution is 2.20. The average Bonchev–Trinajstić information content (AvgIpc) is 2.03. The third kappa shape index (κ3) is 2.85. The van der Waals surface area contributed by atoms with E-state index in [1.807, 2.05) is 0 Å². The Kier molecular flexibility index (Phi) is 4.10. The van der Waals surface area contributed by atoms with Crippen LogP contribution in [0.5, 0.6) is 0 Å². The lowest BCUT2D eigenvalue weighted by atomic mass is 9.99. The molecule has 2 N–H and O–H groups in total. The van der Waals surface area contributed by atoms with Gasteiger partial charge < -0.3 is 10.2 Å². The molecule has 0 fully saturated rings. The van der Waals surface area contributed by atoms with E-state index in [2.05, 4.69) is 6.58 Å². The summed E-state index contributed by atoms with van der Waals surface area (Å²) in [6.45, 7) is 3.35. The lowest BCUT2D eigenvalue weighted by Gasteiger charge is -2.14. The first-order valence-corrected chi connectivity index (χ1v) is 3.71. The smallest absolute Gasteiger partial charge is 0.353 e. The van der Waals surface area contributed by atoms with Crippen LogP contribution in [0.3, 0.4) is 0 Å². The molecule has 0 aromatic rings. The van der Waals surface area contributed by atoms with Gasteiger partial charge in [0.15, 0.2) is 0 Å². The van der Waals surface area contributed by atoms with Crippen molar-refractivity contribution in [3.8, 4) is 0 Å². The molecule has 0 aliphatic rings. The second kappa shape index (κ2) is 4.59. The fourth-order valence-electron chi connectivity index (χ4n) is 0.795. The zero-order valence-corrected chi connectivity index (χ0v) is 6.99. The highest BCUT2D eigenvalue weighted by atomic mass is 19.1. The van der Waals surface area contributed by atoms with E-state index in [9.17, 15) is 14.0 Å². The van der Waals surface area contributed by atoms with Crippen LogP contribution in [0.4, 0.5) is 4.39 Å². The monoisotopic (exact) mass is 190 g/mol. The summed E-state index contributed by atoms with van der Waals surface area (Å²) < 4.78 is 13.1. The molecule has 0 aliphatic carbocycles. The van der Waals surface area contributed by atoms with Gasteiger partial charge in [-0.1, -0.05) is 6.08 Å². The van der Waals surface area contributed by atoms with Gasteiger partial charge in [-0.2, -0.15) is 0 Å². The van der Waals surface area contributed by atoms with Crippen molar-refractivity contribution >= 4 is 11.9 Å². The van der Waals surface area contributed by atoms with Gasteiger partial charge in [-0.3, -0.25) is 0 Å². The van der Waals surface area contributed by atoms with E-state index in [1.54, 1.807) is 0 Å². The summed E-state index contributed by atoms with van der Waals surface area (Å²) in [6.07, 6.45) is 1.48. The van der Waals surface area contributed by atoms with E-state index in [4.69, 9.17) is 10.2 Å². The first-order valence-electron chi connectivity index (χ1n) is 3.71. The van der Waals surface area contributed by atoms with Crippen molar-refractivity contribution < 1.29 is 24.2 Å². The molecule has 13 heavy (non-hydrogen) atoms. The van der Waals surface area contributed by atoms with Crippen LogP contribution < -0.4 is 0 Å². The summed E-state index contributed by atoms with van der Waals surface area (Å²) in [5.41, 5.74) is -3.16. The Morgan fingerprint density at radius 1 is 1.38 bits per heavy atom. The number of rotatable bonds is 6. The first kappa shape index (κ1) is 11.6. The molecule has 4 nitrogen and oxygen atoms in total. The number of hydrogen-bond acceptors (Lipinski definition) is 2. The Bertz CT molecular complexity index is 210. The molecule has 0 amide bonds. The fraction of sp³-hybridized carbons (Fsp3) is 0.500. The molecule has 0 unspecified atom stereocenters. The fourth-order valence-corrected chi connectivity index (χ4v) is 0.795. The summed E-state index contributed by atoms with van der Waals surface area (Å²) >= 11 is 0. The maximum atomic E-state index is 13.1. The highest BCUT2D eigenvalue weighted by Gasteiger charge is 2.46. The van der Waals surface area contributed by atoms with E-state index in [-0.39, 0.29) is 6.42 Å². The van der Waals surface area contributed by atoms with E-state index in [0.717, 1.165) is 0 Å². The Hall–Kier alpha value is -1.39. The van der Waals surface area contributed by atoms with Gasteiger partial charge in [-0.25, -0.2) is 14.0 Å². The van der Waals surface area contributed by atoms with Gasteiger partial charge in [0.1, 0.15) is 0 Å². The van der Waals surface area contributed by atoms with Gasteiger partial charge in [-0.05, 0) is 12.8 Å². The molecule has 0 aliphatic heterocycles. The largest absolute Gasteiger partial charge is 0.478 e. The maximum absolute atomic E-state index is 13.1. The molecular formula is C8H11FO4. The van der Waals surface area contributed by atoms with Crippen LogP contribution >= 0.6 is 0 Å². The van der Waals surface area contributed by atoms with Gasteiger partial charge >= 0.3 is 17.6 Å². The van der Waals surface area contributed by atoms with Gasteiger partial charge in [-0.15, -0.1) is 6.58 Å². The highest BCUT2D eigenvalue weighted by molar-refractivity contribution is 6.01. The van der Waals surface area contributed by atoms with E-state index in [0.29, 0.717) is 6.42 Å². The second-order valence-electron chi connectivity index (χ2n) is 2.59. The average molecular weight is 190 g/mol. The van der Waals surface area contributed by atoms with Crippen LogP contribution in [0.1, 0.15) is 19.3 Å². The van der Waals surface area contributed by atoms with Crippen LogP contribution in [0.25, 0.3) is 0 Å². The van der Waals surface area contributed by atoms with Crippen LogP contribution in [-0.2, 0) is 9.59 Å². The molecule has 0 saturated carbocycles. The normalized spacial score (nSPS) is 10.8. The van der Waals surface area contributed by atoms with Gasteiger partial charge in [0.05, 0.1) is 0 Å². The number of hydrogen-bond donors (Lipinski definition) is 2. The molecule has 0 saturated heterocycles. The quantitative estimate of drug-likeness (QED) is 0.375. The van der Waals surface area contributed by atoms with E-state index in [1.165, 1.54) is 6.08 Å². The van der Waals surface area contributed by atoms with Crippen molar-refractivity contribution in [2.45, 2.75) is 24.9 Å². The van der Waals surface area contributed by atoms with Gasteiger partial charge in [0, 0.05) is 6.42 Å². The molecule has 0 rings (SSSR count).